The Kier molecular flexibility index (Phi) is 5.89. The summed E-state index contributed by atoms with van der Waals surface area (Å²) < 4.78 is 17.7. The van der Waals surface area contributed by atoms with E-state index in [2.05, 4.69) is 43.9 Å². The number of hydrogen-bond donors (Lipinski definition) is 0. The number of ketones is 1. The van der Waals surface area contributed by atoms with Gasteiger partial charge in [0.1, 0.15) is 24.0 Å². The molecular formula is C30H31NO4. The van der Waals surface area contributed by atoms with Crippen molar-refractivity contribution in [3.63, 3.8) is 0 Å². The van der Waals surface area contributed by atoms with Crippen molar-refractivity contribution in [2.45, 2.75) is 46.2 Å². The third-order valence-corrected chi connectivity index (χ3v) is 6.66. The third-order valence-electron chi connectivity index (χ3n) is 6.66. The molecule has 0 saturated carbocycles. The lowest BCUT2D eigenvalue weighted by molar-refractivity contribution is 0.0869. The molecule has 0 N–H and O–H groups in total. The summed E-state index contributed by atoms with van der Waals surface area (Å²) in [5.74, 6) is 2.53. The maximum atomic E-state index is 13.3. The van der Waals surface area contributed by atoms with Crippen molar-refractivity contribution in [1.29, 1.82) is 0 Å². The van der Waals surface area contributed by atoms with E-state index < -0.39 is 0 Å². The normalized spacial score (nSPS) is 16.5. The second-order valence-corrected chi connectivity index (χ2v) is 10.3. The summed E-state index contributed by atoms with van der Waals surface area (Å²) in [5.41, 5.74) is 5.83. The van der Waals surface area contributed by atoms with Crippen LogP contribution in [0.25, 0.3) is 6.08 Å². The first-order valence-electron chi connectivity index (χ1n) is 11.9. The molecule has 5 rings (SSSR count). The van der Waals surface area contributed by atoms with Gasteiger partial charge in [-0.15, -0.1) is 0 Å². The molecule has 0 bridgehead atoms. The lowest BCUT2D eigenvalue weighted by atomic mass is 9.86. The maximum absolute atomic E-state index is 13.3. The van der Waals surface area contributed by atoms with E-state index >= 15 is 0 Å². The molecular weight excluding hydrogens is 438 g/mol. The first-order valence-corrected chi connectivity index (χ1v) is 11.9. The molecule has 180 valence electrons. The molecule has 2 aliphatic heterocycles. The van der Waals surface area contributed by atoms with Gasteiger partial charge < -0.3 is 14.2 Å². The summed E-state index contributed by atoms with van der Waals surface area (Å²) in [6, 6.07) is 18.2. The van der Waals surface area contributed by atoms with Gasteiger partial charge in [0.25, 0.3) is 0 Å². The van der Waals surface area contributed by atoms with Gasteiger partial charge in [-0.2, -0.15) is 0 Å². The second kappa shape index (κ2) is 8.90. The number of methoxy groups -OCH3 is 1. The molecule has 0 radical (unpaired) electrons. The number of carbonyl (C=O) groups is 1. The molecule has 35 heavy (non-hydrogen) atoms. The lowest BCUT2D eigenvalue weighted by Gasteiger charge is -2.30. The summed E-state index contributed by atoms with van der Waals surface area (Å²) >= 11 is 0. The zero-order valence-electron chi connectivity index (χ0n) is 21.0. The topological polar surface area (TPSA) is 48.0 Å². The molecule has 2 aliphatic rings. The largest absolute Gasteiger partial charge is 0.496 e. The lowest BCUT2D eigenvalue weighted by Crippen LogP contribution is -2.32. The molecule has 0 fully saturated rings. The minimum Gasteiger partial charge on any atom is -0.496 e. The Hall–Kier alpha value is -3.57. The number of para-hydroxylation sites is 1. The van der Waals surface area contributed by atoms with Crippen molar-refractivity contribution in [3.05, 3.63) is 93.7 Å². The molecule has 0 atom stereocenters. The molecule has 0 amide bonds. The standard InChI is InChI=1S/C30H31NO4/c1-19-28-22(17-31(18-34-28)16-21-8-6-7-9-25(21)33-5)15-24-27(32)26(35-29(19)24)14-20-10-12-23(13-11-20)30(2,3)4/h6-15H,16-18H2,1-5H3/b26-14-. The van der Waals surface area contributed by atoms with Crippen LogP contribution < -0.4 is 14.2 Å². The number of ether oxygens (including phenoxy) is 3. The van der Waals surface area contributed by atoms with Crippen LogP contribution >= 0.6 is 0 Å². The van der Waals surface area contributed by atoms with E-state index in [4.69, 9.17) is 14.2 Å². The smallest absolute Gasteiger partial charge is 0.231 e. The number of benzene rings is 3. The Bertz CT molecular complexity index is 1320. The summed E-state index contributed by atoms with van der Waals surface area (Å²) in [7, 11) is 1.68. The highest BCUT2D eigenvalue weighted by Gasteiger charge is 2.33. The summed E-state index contributed by atoms with van der Waals surface area (Å²) in [6.07, 6.45) is 1.82. The average Bonchev–Trinajstić information content (AvgIpc) is 3.14. The molecule has 0 aliphatic carbocycles. The number of fused-ring (bicyclic) bond motifs is 2. The minimum absolute atomic E-state index is 0.0807. The van der Waals surface area contributed by atoms with Gasteiger partial charge in [-0.3, -0.25) is 9.69 Å². The Labute approximate surface area is 206 Å². The van der Waals surface area contributed by atoms with Gasteiger partial charge in [0, 0.05) is 29.8 Å². The predicted molar refractivity (Wildman–Crippen MR) is 137 cm³/mol. The van der Waals surface area contributed by atoms with Crippen molar-refractivity contribution >= 4 is 11.9 Å². The van der Waals surface area contributed by atoms with Gasteiger partial charge in [0.15, 0.2) is 5.76 Å². The average molecular weight is 470 g/mol. The number of carbonyl (C=O) groups excluding carboxylic acids is 1. The van der Waals surface area contributed by atoms with Crippen LogP contribution in [-0.2, 0) is 18.5 Å². The molecule has 0 aromatic heterocycles. The van der Waals surface area contributed by atoms with Crippen molar-refractivity contribution < 1.29 is 19.0 Å². The molecule has 0 saturated heterocycles. The fourth-order valence-electron chi connectivity index (χ4n) is 4.70. The number of hydrogen-bond acceptors (Lipinski definition) is 5. The van der Waals surface area contributed by atoms with Gasteiger partial charge in [-0.25, -0.2) is 0 Å². The molecule has 5 heteroatoms. The van der Waals surface area contributed by atoms with Crippen LogP contribution in [0.3, 0.4) is 0 Å². The molecule has 0 unspecified atom stereocenters. The van der Waals surface area contributed by atoms with E-state index in [1.165, 1.54) is 5.56 Å². The summed E-state index contributed by atoms with van der Waals surface area (Å²) in [6.45, 7) is 10.4. The third kappa shape index (κ3) is 4.44. The molecule has 0 spiro atoms. The van der Waals surface area contributed by atoms with Gasteiger partial charge in [0.2, 0.25) is 5.78 Å². The fourth-order valence-corrected chi connectivity index (χ4v) is 4.70. The van der Waals surface area contributed by atoms with Crippen molar-refractivity contribution in [1.82, 2.24) is 4.90 Å². The van der Waals surface area contributed by atoms with E-state index in [1.807, 2.05) is 49.4 Å². The Balaban J connectivity index is 1.39. The van der Waals surface area contributed by atoms with Crippen LogP contribution in [0, 0.1) is 6.92 Å². The highest BCUT2D eigenvalue weighted by atomic mass is 16.5. The van der Waals surface area contributed by atoms with Gasteiger partial charge in [-0.05, 0) is 41.7 Å². The van der Waals surface area contributed by atoms with Gasteiger partial charge in [0.05, 0.1) is 12.7 Å². The zero-order chi connectivity index (χ0) is 24.7. The van der Waals surface area contributed by atoms with Crippen LogP contribution in [0.15, 0.2) is 60.4 Å². The fraction of sp³-hybridized carbons (Fsp3) is 0.300. The minimum atomic E-state index is -0.0901. The molecule has 3 aromatic carbocycles. The first kappa shape index (κ1) is 23.2. The van der Waals surface area contributed by atoms with E-state index in [-0.39, 0.29) is 11.2 Å². The summed E-state index contributed by atoms with van der Waals surface area (Å²) in [5, 5.41) is 0. The SMILES string of the molecule is COc1ccccc1CN1COc2c(cc3c(c2C)O/C(=C\c2ccc(C(C)(C)C)cc2)C3=O)C1. The second-order valence-electron chi connectivity index (χ2n) is 10.3. The van der Waals surface area contributed by atoms with Crippen molar-refractivity contribution in [2.24, 2.45) is 0 Å². The molecule has 2 heterocycles. The zero-order valence-corrected chi connectivity index (χ0v) is 21.0. The monoisotopic (exact) mass is 469 g/mol. The Morgan fingerprint density at radius 1 is 1.06 bits per heavy atom. The maximum Gasteiger partial charge on any atom is 0.231 e. The van der Waals surface area contributed by atoms with Crippen LogP contribution in [0.2, 0.25) is 0 Å². The van der Waals surface area contributed by atoms with Gasteiger partial charge in [-0.1, -0.05) is 63.2 Å². The highest BCUT2D eigenvalue weighted by Crippen LogP contribution is 2.43. The van der Waals surface area contributed by atoms with Crippen LogP contribution in [-0.4, -0.2) is 24.5 Å². The first-order chi connectivity index (χ1) is 16.7. The highest BCUT2D eigenvalue weighted by molar-refractivity contribution is 6.15. The molecule has 5 nitrogen and oxygen atoms in total. The number of allylic oxidation sites excluding steroid dienone is 1. The van der Waals surface area contributed by atoms with Crippen LogP contribution in [0.1, 0.15) is 58.9 Å². The number of nitrogens with zero attached hydrogens (tertiary/aromatic N) is 1. The van der Waals surface area contributed by atoms with E-state index in [0.29, 0.717) is 36.9 Å². The predicted octanol–water partition coefficient (Wildman–Crippen LogP) is 6.27. The van der Waals surface area contributed by atoms with Crippen molar-refractivity contribution in [2.75, 3.05) is 13.8 Å². The quantitative estimate of drug-likeness (QED) is 0.422. The van der Waals surface area contributed by atoms with Crippen LogP contribution in [0.4, 0.5) is 0 Å². The number of rotatable bonds is 4. The Morgan fingerprint density at radius 2 is 1.80 bits per heavy atom. The van der Waals surface area contributed by atoms with E-state index in [9.17, 15) is 4.79 Å². The Morgan fingerprint density at radius 3 is 2.51 bits per heavy atom. The van der Waals surface area contributed by atoms with E-state index in [1.54, 1.807) is 7.11 Å². The van der Waals surface area contributed by atoms with E-state index in [0.717, 1.165) is 33.8 Å². The van der Waals surface area contributed by atoms with Gasteiger partial charge >= 0.3 is 0 Å². The van der Waals surface area contributed by atoms with Crippen molar-refractivity contribution in [3.8, 4) is 17.2 Å². The molecule has 3 aromatic rings. The summed E-state index contributed by atoms with van der Waals surface area (Å²) in [4.78, 5) is 15.5. The van der Waals surface area contributed by atoms with Crippen LogP contribution in [0.5, 0.6) is 17.2 Å². The number of Topliss-reactive ketones (excluding diaryl/α,β-unsaturated/α-hetero) is 1.